The average molecular weight is 428 g/mol. The predicted octanol–water partition coefficient (Wildman–Crippen LogP) is 3.29. The maximum Gasteiger partial charge on any atom is 0.407 e. The van der Waals surface area contributed by atoms with Gasteiger partial charge in [-0.25, -0.2) is 9.59 Å². The summed E-state index contributed by atoms with van der Waals surface area (Å²) in [5.41, 5.74) is 6.87. The van der Waals surface area contributed by atoms with Crippen LogP contribution in [0.2, 0.25) is 0 Å². The van der Waals surface area contributed by atoms with Gasteiger partial charge in [-0.05, 0) is 57.7 Å². The van der Waals surface area contributed by atoms with Gasteiger partial charge in [0, 0.05) is 10.0 Å². The zero-order valence-electron chi connectivity index (χ0n) is 15.3. The molecular formula is C18H26BrN3O4. The summed E-state index contributed by atoms with van der Waals surface area (Å²) in [6, 6.07) is 4.90. The van der Waals surface area contributed by atoms with E-state index in [-0.39, 0.29) is 24.0 Å². The van der Waals surface area contributed by atoms with Crippen LogP contribution in [0.4, 0.5) is 16.2 Å². The lowest BCUT2D eigenvalue weighted by atomic mass is 9.91. The molecule has 0 saturated carbocycles. The molecule has 1 aliphatic heterocycles. The summed E-state index contributed by atoms with van der Waals surface area (Å²) >= 11 is 3.36. The highest BCUT2D eigenvalue weighted by molar-refractivity contribution is 9.10. The normalized spacial score (nSPS) is 20.2. The van der Waals surface area contributed by atoms with Gasteiger partial charge in [-0.1, -0.05) is 15.9 Å². The van der Waals surface area contributed by atoms with Crippen LogP contribution in [0.25, 0.3) is 0 Å². The van der Waals surface area contributed by atoms with Crippen molar-refractivity contribution >= 4 is 39.4 Å². The number of carbonyl (C=O) groups excluding carboxylic acids is 2. The van der Waals surface area contributed by atoms with Gasteiger partial charge in [0.2, 0.25) is 0 Å². The molecule has 144 valence electrons. The van der Waals surface area contributed by atoms with Crippen LogP contribution in [0.3, 0.4) is 0 Å². The average Bonchev–Trinajstić information content (AvgIpc) is 2.50. The zero-order valence-corrected chi connectivity index (χ0v) is 16.9. The summed E-state index contributed by atoms with van der Waals surface area (Å²) in [5, 5.41) is 5.92. The van der Waals surface area contributed by atoms with E-state index in [1.54, 1.807) is 6.07 Å². The highest BCUT2D eigenvalue weighted by atomic mass is 79.9. The van der Waals surface area contributed by atoms with Crippen LogP contribution in [-0.4, -0.2) is 36.9 Å². The van der Waals surface area contributed by atoms with Gasteiger partial charge in [-0.3, -0.25) is 0 Å². The van der Waals surface area contributed by atoms with Crippen molar-refractivity contribution in [3.63, 3.8) is 0 Å². The molecule has 2 rings (SSSR count). The first-order valence-corrected chi connectivity index (χ1v) is 9.38. The standard InChI is InChI=1S/C18H26BrN3O4/c1-18(2,3)22-17(24)26-9-7-11-6-8-25-16(23)15(11)21-14-5-4-12(19)10-13(14)20/h4-5,10-11,15,21H,6-9,20H2,1-3H3,(H,22,24)/t11-,15-/m1/s1. The van der Waals surface area contributed by atoms with E-state index in [4.69, 9.17) is 15.2 Å². The van der Waals surface area contributed by atoms with Crippen molar-refractivity contribution in [2.45, 2.75) is 45.2 Å². The maximum atomic E-state index is 12.2. The number of halogens is 1. The number of nitrogen functional groups attached to an aromatic ring is 1. The van der Waals surface area contributed by atoms with Gasteiger partial charge < -0.3 is 25.8 Å². The number of nitrogens with two attached hydrogens (primary N) is 1. The van der Waals surface area contributed by atoms with E-state index in [2.05, 4.69) is 26.6 Å². The molecule has 0 aromatic heterocycles. The molecule has 2 atom stereocenters. The summed E-state index contributed by atoms with van der Waals surface area (Å²) < 4.78 is 11.3. The van der Waals surface area contributed by atoms with E-state index >= 15 is 0 Å². The topological polar surface area (TPSA) is 103 Å². The number of rotatable bonds is 5. The van der Waals surface area contributed by atoms with Gasteiger partial charge in [0.1, 0.15) is 6.04 Å². The summed E-state index contributed by atoms with van der Waals surface area (Å²) in [6.45, 7) is 6.25. The van der Waals surface area contributed by atoms with Crippen LogP contribution in [0.5, 0.6) is 0 Å². The van der Waals surface area contributed by atoms with Crippen molar-refractivity contribution in [2.24, 2.45) is 5.92 Å². The minimum Gasteiger partial charge on any atom is -0.464 e. The fraction of sp³-hybridized carbons (Fsp3) is 0.556. The minimum atomic E-state index is -0.526. The van der Waals surface area contributed by atoms with Gasteiger partial charge in [0.15, 0.2) is 0 Å². The molecule has 1 aromatic rings. The zero-order chi connectivity index (χ0) is 19.3. The Kier molecular flexibility index (Phi) is 6.75. The summed E-state index contributed by atoms with van der Waals surface area (Å²) in [5.74, 6) is -0.329. The Hall–Kier alpha value is -1.96. The van der Waals surface area contributed by atoms with E-state index in [0.29, 0.717) is 30.8 Å². The van der Waals surface area contributed by atoms with E-state index in [1.807, 2.05) is 32.9 Å². The van der Waals surface area contributed by atoms with Crippen molar-refractivity contribution in [1.29, 1.82) is 0 Å². The lowest BCUT2D eigenvalue weighted by molar-refractivity contribution is -0.150. The molecule has 0 unspecified atom stereocenters. The first-order chi connectivity index (χ1) is 12.2. The number of hydrogen-bond donors (Lipinski definition) is 3. The Morgan fingerprint density at radius 2 is 2.15 bits per heavy atom. The third-order valence-electron chi connectivity index (χ3n) is 3.98. The number of benzene rings is 1. The molecule has 26 heavy (non-hydrogen) atoms. The number of nitrogens with one attached hydrogen (secondary N) is 2. The summed E-state index contributed by atoms with van der Waals surface area (Å²) in [6.07, 6.45) is 0.794. The van der Waals surface area contributed by atoms with Crippen molar-refractivity contribution in [1.82, 2.24) is 5.32 Å². The number of esters is 1. The number of anilines is 2. The van der Waals surface area contributed by atoms with Crippen LogP contribution in [0.1, 0.15) is 33.6 Å². The molecule has 1 aliphatic rings. The van der Waals surface area contributed by atoms with Crippen molar-refractivity contribution < 1.29 is 19.1 Å². The van der Waals surface area contributed by atoms with Crippen molar-refractivity contribution in [3.05, 3.63) is 22.7 Å². The predicted molar refractivity (Wildman–Crippen MR) is 104 cm³/mol. The van der Waals surface area contributed by atoms with Gasteiger partial charge in [0.25, 0.3) is 0 Å². The number of ether oxygens (including phenoxy) is 2. The second kappa shape index (κ2) is 8.62. The molecule has 7 nitrogen and oxygen atoms in total. The first kappa shape index (κ1) is 20.4. The largest absolute Gasteiger partial charge is 0.464 e. The molecule has 0 spiro atoms. The smallest absolute Gasteiger partial charge is 0.407 e. The molecule has 1 amide bonds. The first-order valence-electron chi connectivity index (χ1n) is 8.59. The van der Waals surface area contributed by atoms with Crippen molar-refractivity contribution in [3.8, 4) is 0 Å². The van der Waals surface area contributed by atoms with Crippen LogP contribution in [0, 0.1) is 5.92 Å². The number of alkyl carbamates (subject to hydrolysis) is 1. The summed E-state index contributed by atoms with van der Waals surface area (Å²) in [7, 11) is 0. The van der Waals surface area contributed by atoms with Crippen LogP contribution in [-0.2, 0) is 14.3 Å². The lowest BCUT2D eigenvalue weighted by Crippen LogP contribution is -2.44. The Morgan fingerprint density at radius 1 is 1.42 bits per heavy atom. The SMILES string of the molecule is CC(C)(C)NC(=O)OCC[C@H]1CCOC(=O)[C@@H]1Nc1ccc(Br)cc1N. The van der Waals surface area contributed by atoms with E-state index in [0.717, 1.165) is 4.47 Å². The van der Waals surface area contributed by atoms with Crippen LogP contribution in [0.15, 0.2) is 22.7 Å². The fourth-order valence-corrected chi connectivity index (χ4v) is 3.10. The molecular weight excluding hydrogens is 402 g/mol. The minimum absolute atomic E-state index is 0.0123. The highest BCUT2D eigenvalue weighted by Crippen LogP contribution is 2.28. The number of hydrogen-bond acceptors (Lipinski definition) is 6. The lowest BCUT2D eigenvalue weighted by Gasteiger charge is -2.31. The Balaban J connectivity index is 1.95. The Labute approximate surface area is 162 Å². The third-order valence-corrected chi connectivity index (χ3v) is 4.48. The quantitative estimate of drug-likeness (QED) is 0.491. The molecule has 1 heterocycles. The van der Waals surface area contributed by atoms with Gasteiger partial charge in [0.05, 0.1) is 24.6 Å². The van der Waals surface area contributed by atoms with Gasteiger partial charge in [-0.2, -0.15) is 0 Å². The van der Waals surface area contributed by atoms with E-state index in [9.17, 15) is 9.59 Å². The van der Waals surface area contributed by atoms with Crippen molar-refractivity contribution in [2.75, 3.05) is 24.3 Å². The monoisotopic (exact) mass is 427 g/mol. The van der Waals surface area contributed by atoms with Gasteiger partial charge in [-0.15, -0.1) is 0 Å². The molecule has 1 fully saturated rings. The fourth-order valence-electron chi connectivity index (χ4n) is 2.73. The third kappa shape index (κ3) is 6.09. The maximum absolute atomic E-state index is 12.2. The molecule has 1 aromatic carbocycles. The van der Waals surface area contributed by atoms with Crippen LogP contribution < -0.4 is 16.4 Å². The highest BCUT2D eigenvalue weighted by Gasteiger charge is 2.34. The second-order valence-electron chi connectivity index (χ2n) is 7.37. The Bertz CT molecular complexity index is 660. The molecule has 0 bridgehead atoms. The van der Waals surface area contributed by atoms with E-state index < -0.39 is 12.1 Å². The number of cyclic esters (lactones) is 1. The molecule has 1 saturated heterocycles. The van der Waals surface area contributed by atoms with Gasteiger partial charge >= 0.3 is 12.1 Å². The molecule has 8 heteroatoms. The molecule has 0 aliphatic carbocycles. The van der Waals surface area contributed by atoms with E-state index in [1.165, 1.54) is 0 Å². The number of amides is 1. The number of carbonyl (C=O) groups is 2. The molecule has 4 N–H and O–H groups in total. The van der Waals surface area contributed by atoms with Crippen LogP contribution >= 0.6 is 15.9 Å². The second-order valence-corrected chi connectivity index (χ2v) is 8.29. The summed E-state index contributed by atoms with van der Waals surface area (Å²) in [4.78, 5) is 24.0. The molecule has 0 radical (unpaired) electrons. The Morgan fingerprint density at radius 3 is 2.81 bits per heavy atom.